The number of benzene rings is 1. The molecule has 2 aromatic rings. The van der Waals surface area contributed by atoms with Crippen molar-refractivity contribution in [3.8, 4) is 0 Å². The summed E-state index contributed by atoms with van der Waals surface area (Å²) in [6.45, 7) is 9.66. The third-order valence-electron chi connectivity index (χ3n) is 5.19. The van der Waals surface area contributed by atoms with Crippen molar-refractivity contribution < 1.29 is 4.79 Å². The van der Waals surface area contributed by atoms with Gasteiger partial charge in [-0.1, -0.05) is 50.6 Å². The van der Waals surface area contributed by atoms with E-state index in [9.17, 15) is 9.59 Å². The molecule has 5 nitrogen and oxygen atoms in total. The van der Waals surface area contributed by atoms with Gasteiger partial charge in [-0.05, 0) is 31.4 Å². The molecule has 0 bridgehead atoms. The molecule has 0 aliphatic carbocycles. The van der Waals surface area contributed by atoms with E-state index in [0.29, 0.717) is 19.5 Å². The minimum absolute atomic E-state index is 0.0582. The lowest BCUT2D eigenvalue weighted by Gasteiger charge is -2.33. The Morgan fingerprint density at radius 1 is 1.15 bits per heavy atom. The first-order valence-electron chi connectivity index (χ1n) is 9.68. The molecule has 1 aromatic carbocycles. The Balaban J connectivity index is 1.65. The molecule has 3 rings (SSSR count). The first-order valence-corrected chi connectivity index (χ1v) is 9.68. The van der Waals surface area contributed by atoms with Crippen LogP contribution in [0.15, 0.2) is 41.2 Å². The maximum atomic E-state index is 12.6. The summed E-state index contributed by atoms with van der Waals surface area (Å²) < 4.78 is 1.63. The summed E-state index contributed by atoms with van der Waals surface area (Å²) in [6.07, 6.45) is 1.96. The molecule has 0 atom stereocenters. The second-order valence-corrected chi connectivity index (χ2v) is 8.53. The lowest BCUT2D eigenvalue weighted by molar-refractivity contribution is -0.131. The van der Waals surface area contributed by atoms with Gasteiger partial charge < -0.3 is 4.90 Å². The smallest absolute Gasteiger partial charge is 0.267 e. The highest BCUT2D eigenvalue weighted by molar-refractivity contribution is 5.78. The lowest BCUT2D eigenvalue weighted by atomic mass is 9.92. The van der Waals surface area contributed by atoms with Crippen molar-refractivity contribution in [1.82, 2.24) is 14.7 Å². The molecule has 1 saturated heterocycles. The molecule has 2 heterocycles. The van der Waals surface area contributed by atoms with E-state index in [2.05, 4.69) is 31.9 Å². The molecule has 144 valence electrons. The van der Waals surface area contributed by atoms with Crippen LogP contribution < -0.4 is 5.56 Å². The van der Waals surface area contributed by atoms with Gasteiger partial charge in [0.15, 0.2) is 0 Å². The molecule has 5 heteroatoms. The zero-order valence-electron chi connectivity index (χ0n) is 16.7. The van der Waals surface area contributed by atoms with Crippen LogP contribution in [-0.2, 0) is 16.6 Å². The summed E-state index contributed by atoms with van der Waals surface area (Å²) in [5, 5.41) is 4.62. The number of carbonyl (C=O) groups excluding carboxylic acids is 1. The van der Waals surface area contributed by atoms with Gasteiger partial charge >= 0.3 is 0 Å². The molecule has 1 amide bonds. The predicted octanol–water partition coefficient (Wildman–Crippen LogP) is 3.26. The number of aryl methyl sites for hydroxylation is 1. The summed E-state index contributed by atoms with van der Waals surface area (Å²) in [4.78, 5) is 26.8. The van der Waals surface area contributed by atoms with Crippen LogP contribution in [0.5, 0.6) is 0 Å². The van der Waals surface area contributed by atoms with Gasteiger partial charge in [0.1, 0.15) is 0 Å². The molecular weight excluding hydrogens is 338 g/mol. The second kappa shape index (κ2) is 7.67. The van der Waals surface area contributed by atoms with Gasteiger partial charge in [0.2, 0.25) is 5.91 Å². The first-order chi connectivity index (χ1) is 12.7. The predicted molar refractivity (Wildman–Crippen MR) is 107 cm³/mol. The largest absolute Gasteiger partial charge is 0.342 e. The Labute approximate surface area is 161 Å². The minimum Gasteiger partial charge on any atom is -0.342 e. The molecule has 27 heavy (non-hydrogen) atoms. The lowest BCUT2D eigenvalue weighted by Crippen LogP contribution is -2.42. The van der Waals surface area contributed by atoms with Crippen molar-refractivity contribution in [2.45, 2.75) is 58.4 Å². The highest BCUT2D eigenvalue weighted by Gasteiger charge is 2.26. The fourth-order valence-corrected chi connectivity index (χ4v) is 3.56. The Hall–Kier alpha value is -2.43. The van der Waals surface area contributed by atoms with Crippen molar-refractivity contribution >= 4 is 5.91 Å². The number of nitrogens with zero attached hydrogens (tertiary/aromatic N) is 3. The van der Waals surface area contributed by atoms with Crippen molar-refractivity contribution in [2.75, 3.05) is 13.1 Å². The molecule has 0 radical (unpaired) electrons. The van der Waals surface area contributed by atoms with Crippen LogP contribution in [-0.4, -0.2) is 33.7 Å². The molecule has 0 saturated carbocycles. The average Bonchev–Trinajstić information content (AvgIpc) is 2.61. The number of likely N-dealkylation sites (tertiary alicyclic amines) is 1. The van der Waals surface area contributed by atoms with Crippen LogP contribution >= 0.6 is 0 Å². The molecule has 1 aromatic heterocycles. The third kappa shape index (κ3) is 4.65. The van der Waals surface area contributed by atoms with Crippen molar-refractivity contribution in [3.05, 3.63) is 63.6 Å². The number of carbonyl (C=O) groups is 1. The van der Waals surface area contributed by atoms with Gasteiger partial charge in [-0.2, -0.15) is 5.10 Å². The maximum absolute atomic E-state index is 12.6. The Bertz CT molecular complexity index is 872. The molecule has 0 N–H and O–H groups in total. The van der Waals surface area contributed by atoms with Gasteiger partial charge in [-0.15, -0.1) is 0 Å². The summed E-state index contributed by atoms with van der Waals surface area (Å²) >= 11 is 0. The van der Waals surface area contributed by atoms with E-state index in [1.165, 1.54) is 5.56 Å². The molecule has 1 aliphatic rings. The number of rotatable bonds is 3. The van der Waals surface area contributed by atoms with Crippen molar-refractivity contribution in [2.24, 2.45) is 0 Å². The van der Waals surface area contributed by atoms with E-state index in [1.54, 1.807) is 10.7 Å². The number of hydrogen-bond acceptors (Lipinski definition) is 3. The van der Waals surface area contributed by atoms with Crippen LogP contribution in [0, 0.1) is 6.92 Å². The number of amides is 1. The fraction of sp³-hybridized carbons (Fsp3) is 0.500. The summed E-state index contributed by atoms with van der Waals surface area (Å²) in [5.41, 5.74) is 2.98. The van der Waals surface area contributed by atoms with E-state index in [0.717, 1.165) is 24.1 Å². The minimum atomic E-state index is -0.0973. The monoisotopic (exact) mass is 367 g/mol. The van der Waals surface area contributed by atoms with Gasteiger partial charge in [0.05, 0.1) is 18.2 Å². The average molecular weight is 367 g/mol. The summed E-state index contributed by atoms with van der Waals surface area (Å²) in [5.74, 6) is 0.155. The zero-order chi connectivity index (χ0) is 19.6. The van der Waals surface area contributed by atoms with Gasteiger partial charge in [0, 0.05) is 24.6 Å². The van der Waals surface area contributed by atoms with Crippen molar-refractivity contribution in [1.29, 1.82) is 0 Å². The number of aromatic nitrogens is 2. The summed E-state index contributed by atoms with van der Waals surface area (Å²) in [7, 11) is 0. The molecular formula is C22H29N3O2. The van der Waals surface area contributed by atoms with Crippen LogP contribution in [0.2, 0.25) is 0 Å². The van der Waals surface area contributed by atoms with Gasteiger partial charge in [-0.25, -0.2) is 4.68 Å². The zero-order valence-corrected chi connectivity index (χ0v) is 16.7. The quantitative estimate of drug-likeness (QED) is 0.837. The van der Waals surface area contributed by atoms with Crippen LogP contribution in [0.3, 0.4) is 0 Å². The maximum Gasteiger partial charge on any atom is 0.267 e. The Morgan fingerprint density at radius 2 is 1.85 bits per heavy atom. The highest BCUT2D eigenvalue weighted by Crippen LogP contribution is 2.23. The fourth-order valence-electron chi connectivity index (χ4n) is 3.56. The first kappa shape index (κ1) is 19.3. The van der Waals surface area contributed by atoms with Gasteiger partial charge in [-0.3, -0.25) is 9.59 Å². The third-order valence-corrected chi connectivity index (χ3v) is 5.19. The number of piperidine rings is 1. The van der Waals surface area contributed by atoms with Crippen molar-refractivity contribution in [3.63, 3.8) is 0 Å². The van der Waals surface area contributed by atoms with E-state index < -0.39 is 0 Å². The van der Waals surface area contributed by atoms with Crippen LogP contribution in [0.25, 0.3) is 0 Å². The Morgan fingerprint density at radius 3 is 2.48 bits per heavy atom. The molecule has 1 fully saturated rings. The standard InChI is InChI=1S/C22H29N3O2/c1-16-6-5-7-17(14-16)15-21(27)24-12-10-18(11-13-24)25-20(26)9-8-19(23-25)22(2,3)4/h5-9,14,18H,10-13,15H2,1-4H3. The van der Waals surface area contributed by atoms with Crippen LogP contribution in [0.1, 0.15) is 56.5 Å². The molecule has 0 spiro atoms. The Kier molecular flexibility index (Phi) is 5.49. The van der Waals surface area contributed by atoms with Gasteiger partial charge in [0.25, 0.3) is 5.56 Å². The summed E-state index contributed by atoms with van der Waals surface area (Å²) in [6, 6.07) is 11.6. The SMILES string of the molecule is Cc1cccc(CC(=O)N2CCC(n3nc(C(C)(C)C)ccc3=O)CC2)c1. The van der Waals surface area contributed by atoms with E-state index in [1.807, 2.05) is 36.1 Å². The highest BCUT2D eigenvalue weighted by atomic mass is 16.2. The normalized spacial score (nSPS) is 15.8. The second-order valence-electron chi connectivity index (χ2n) is 8.53. The van der Waals surface area contributed by atoms with Crippen LogP contribution in [0.4, 0.5) is 0 Å². The van der Waals surface area contributed by atoms with E-state index in [-0.39, 0.29) is 22.9 Å². The topological polar surface area (TPSA) is 55.2 Å². The number of hydrogen-bond donors (Lipinski definition) is 0. The molecule has 1 aliphatic heterocycles. The molecule has 0 unspecified atom stereocenters. The van der Waals surface area contributed by atoms with E-state index in [4.69, 9.17) is 0 Å². The van der Waals surface area contributed by atoms with E-state index >= 15 is 0 Å².